The summed E-state index contributed by atoms with van der Waals surface area (Å²) in [5, 5.41) is 0. The Hall–Kier alpha value is -0.460. The van der Waals surface area contributed by atoms with Gasteiger partial charge in [-0.05, 0) is 44.9 Å². The lowest BCUT2D eigenvalue weighted by molar-refractivity contribution is 0.0371. The van der Waals surface area contributed by atoms with Crippen molar-refractivity contribution in [3.05, 3.63) is 11.3 Å². The van der Waals surface area contributed by atoms with E-state index in [1.165, 1.54) is 51.4 Å². The Balaban J connectivity index is 1.77. The average Bonchev–Trinajstić information content (AvgIpc) is 2.27. The molecule has 0 radical (unpaired) electrons. The lowest BCUT2D eigenvalue weighted by atomic mass is 9.77. The van der Waals surface area contributed by atoms with E-state index in [9.17, 15) is 0 Å². The van der Waals surface area contributed by atoms with Gasteiger partial charge in [-0.1, -0.05) is 12.0 Å². The second-order valence-corrected chi connectivity index (χ2v) is 5.66. The van der Waals surface area contributed by atoms with Crippen molar-refractivity contribution in [1.82, 2.24) is 4.90 Å². The molecule has 1 aliphatic carbocycles. The fourth-order valence-corrected chi connectivity index (χ4v) is 4.28. The highest BCUT2D eigenvalue weighted by molar-refractivity contribution is 5.32. The number of hydrogen-bond acceptors (Lipinski definition) is 1. The minimum Gasteiger partial charge on any atom is -0.368 e. The number of allylic oxidation sites excluding steroid dienone is 2. The molecule has 0 bridgehead atoms. The van der Waals surface area contributed by atoms with Crippen LogP contribution in [-0.4, -0.2) is 17.0 Å². The molecule has 0 amide bonds. The molecule has 0 aromatic carbocycles. The average molecular weight is 189 g/mol. The maximum Gasteiger partial charge on any atom is 0.0309 e. The molecule has 0 N–H and O–H groups in total. The molecule has 3 heterocycles. The zero-order valence-electron chi connectivity index (χ0n) is 8.84. The summed E-state index contributed by atoms with van der Waals surface area (Å²) in [4.78, 5) is 2.85. The van der Waals surface area contributed by atoms with Crippen LogP contribution in [0.5, 0.6) is 0 Å². The predicted octanol–water partition coefficient (Wildman–Crippen LogP) is 3.07. The summed E-state index contributed by atoms with van der Waals surface area (Å²) < 4.78 is 0. The van der Waals surface area contributed by atoms with Crippen LogP contribution in [-0.2, 0) is 0 Å². The van der Waals surface area contributed by atoms with Crippen molar-refractivity contribution in [1.29, 1.82) is 0 Å². The third kappa shape index (κ3) is 0.820. The Labute approximate surface area is 86.2 Å². The molecule has 76 valence electrons. The van der Waals surface area contributed by atoms with Gasteiger partial charge in [0, 0.05) is 23.7 Å². The van der Waals surface area contributed by atoms with E-state index in [2.05, 4.69) is 4.90 Å². The van der Waals surface area contributed by atoms with Gasteiger partial charge in [-0.3, -0.25) is 0 Å². The molecule has 4 rings (SSSR count). The van der Waals surface area contributed by atoms with Gasteiger partial charge in [0.2, 0.25) is 0 Å². The third-order valence-electron chi connectivity index (χ3n) is 4.96. The maximum atomic E-state index is 2.85. The smallest absolute Gasteiger partial charge is 0.0309 e. The van der Waals surface area contributed by atoms with Crippen LogP contribution in [0.3, 0.4) is 0 Å². The molecule has 3 unspecified atom stereocenters. The van der Waals surface area contributed by atoms with Gasteiger partial charge in [0.05, 0.1) is 0 Å². The molecule has 14 heavy (non-hydrogen) atoms. The Morgan fingerprint density at radius 1 is 1.00 bits per heavy atom. The van der Waals surface area contributed by atoms with Crippen molar-refractivity contribution in [2.45, 2.75) is 63.5 Å². The molecule has 0 aromatic rings. The Morgan fingerprint density at radius 2 is 1.86 bits per heavy atom. The van der Waals surface area contributed by atoms with E-state index >= 15 is 0 Å². The van der Waals surface area contributed by atoms with E-state index in [1.807, 2.05) is 11.3 Å². The quantitative estimate of drug-likeness (QED) is 0.566. The van der Waals surface area contributed by atoms with E-state index in [0.717, 1.165) is 18.0 Å². The van der Waals surface area contributed by atoms with Gasteiger partial charge in [0.1, 0.15) is 0 Å². The standard InChI is InChI=1S/C13H19N/c1-3-9-7-10-4-2-6-12-8-11(5-1)14(12)13(9)10/h9,11-12H,1-8H2. The molecule has 1 nitrogen and oxygen atoms in total. The third-order valence-corrected chi connectivity index (χ3v) is 4.96. The molecule has 1 heteroatoms. The fraction of sp³-hybridized carbons (Fsp3) is 0.846. The zero-order valence-corrected chi connectivity index (χ0v) is 8.84. The largest absolute Gasteiger partial charge is 0.368 e. The Bertz CT molecular complexity index is 304. The van der Waals surface area contributed by atoms with Gasteiger partial charge in [0.15, 0.2) is 0 Å². The number of hydrogen-bond donors (Lipinski definition) is 0. The van der Waals surface area contributed by atoms with Crippen LogP contribution < -0.4 is 0 Å². The first-order chi connectivity index (χ1) is 6.93. The van der Waals surface area contributed by atoms with Crippen molar-refractivity contribution in [3.8, 4) is 0 Å². The zero-order chi connectivity index (χ0) is 9.12. The van der Waals surface area contributed by atoms with Gasteiger partial charge >= 0.3 is 0 Å². The maximum absolute atomic E-state index is 2.85. The van der Waals surface area contributed by atoms with Crippen LogP contribution >= 0.6 is 0 Å². The first-order valence-corrected chi connectivity index (χ1v) is 6.44. The van der Waals surface area contributed by atoms with Crippen molar-refractivity contribution < 1.29 is 0 Å². The molecule has 0 aromatic heterocycles. The monoisotopic (exact) mass is 189 g/mol. The lowest BCUT2D eigenvalue weighted by Gasteiger charge is -2.54. The van der Waals surface area contributed by atoms with E-state index < -0.39 is 0 Å². The van der Waals surface area contributed by atoms with Gasteiger partial charge < -0.3 is 4.90 Å². The molecule has 3 aliphatic heterocycles. The summed E-state index contributed by atoms with van der Waals surface area (Å²) >= 11 is 0. The Morgan fingerprint density at radius 3 is 2.79 bits per heavy atom. The highest BCUT2D eigenvalue weighted by Gasteiger charge is 2.47. The van der Waals surface area contributed by atoms with Crippen LogP contribution in [0.25, 0.3) is 0 Å². The van der Waals surface area contributed by atoms with Gasteiger partial charge in [-0.25, -0.2) is 0 Å². The van der Waals surface area contributed by atoms with Gasteiger partial charge in [-0.2, -0.15) is 0 Å². The molecule has 0 saturated carbocycles. The molecule has 3 atom stereocenters. The first-order valence-electron chi connectivity index (χ1n) is 6.44. The van der Waals surface area contributed by atoms with Crippen molar-refractivity contribution in [3.63, 3.8) is 0 Å². The summed E-state index contributed by atoms with van der Waals surface area (Å²) in [5.41, 5.74) is 3.70. The normalized spacial score (nSPS) is 44.6. The van der Waals surface area contributed by atoms with Crippen LogP contribution in [0.1, 0.15) is 51.4 Å². The van der Waals surface area contributed by atoms with Crippen molar-refractivity contribution in [2.24, 2.45) is 5.92 Å². The molecule has 4 aliphatic rings. The van der Waals surface area contributed by atoms with Gasteiger partial charge in [-0.15, -0.1) is 0 Å². The summed E-state index contributed by atoms with van der Waals surface area (Å²) in [6, 6.07) is 1.93. The molecular weight excluding hydrogens is 170 g/mol. The molecular formula is C13H19N. The van der Waals surface area contributed by atoms with Crippen molar-refractivity contribution in [2.75, 3.05) is 0 Å². The summed E-state index contributed by atoms with van der Waals surface area (Å²) in [5.74, 6) is 0.996. The minimum atomic E-state index is 0.966. The lowest BCUT2D eigenvalue weighted by Crippen LogP contribution is -2.55. The predicted molar refractivity (Wildman–Crippen MR) is 56.9 cm³/mol. The van der Waals surface area contributed by atoms with Crippen LogP contribution in [0.15, 0.2) is 11.3 Å². The second-order valence-electron chi connectivity index (χ2n) is 5.66. The molecule has 2 fully saturated rings. The van der Waals surface area contributed by atoms with E-state index in [0.29, 0.717) is 0 Å². The summed E-state index contributed by atoms with van der Waals surface area (Å²) in [7, 11) is 0. The first kappa shape index (κ1) is 7.78. The van der Waals surface area contributed by atoms with Gasteiger partial charge in [0.25, 0.3) is 0 Å². The highest BCUT2D eigenvalue weighted by Crippen LogP contribution is 2.53. The summed E-state index contributed by atoms with van der Waals surface area (Å²) in [6.07, 6.45) is 11.9. The summed E-state index contributed by atoms with van der Waals surface area (Å²) in [6.45, 7) is 0. The van der Waals surface area contributed by atoms with Crippen LogP contribution in [0, 0.1) is 5.92 Å². The van der Waals surface area contributed by atoms with E-state index in [1.54, 1.807) is 0 Å². The highest BCUT2D eigenvalue weighted by atomic mass is 15.3. The number of nitrogens with zero attached hydrogens (tertiary/aromatic N) is 1. The second kappa shape index (κ2) is 2.56. The molecule has 2 saturated heterocycles. The van der Waals surface area contributed by atoms with Crippen molar-refractivity contribution >= 4 is 0 Å². The van der Waals surface area contributed by atoms with E-state index in [4.69, 9.17) is 0 Å². The molecule has 0 spiro atoms. The van der Waals surface area contributed by atoms with Crippen LogP contribution in [0.4, 0.5) is 0 Å². The fourth-order valence-electron chi connectivity index (χ4n) is 4.28. The van der Waals surface area contributed by atoms with E-state index in [-0.39, 0.29) is 0 Å². The SMILES string of the molecule is C1CC2=C3C(CCCC4CC(C1)N34)C2. The minimum absolute atomic E-state index is 0.966. The Kier molecular flexibility index (Phi) is 1.42. The number of rotatable bonds is 0. The van der Waals surface area contributed by atoms with Crippen LogP contribution in [0.2, 0.25) is 0 Å². The topological polar surface area (TPSA) is 3.24 Å².